The lowest BCUT2D eigenvalue weighted by Gasteiger charge is -2.39. The van der Waals surface area contributed by atoms with E-state index in [1.54, 1.807) is 0 Å². The number of hydrogen-bond donors (Lipinski definition) is 1. The molecule has 0 amide bonds. The second-order valence-electron chi connectivity index (χ2n) is 6.51. The number of furan rings is 1. The van der Waals surface area contributed by atoms with Crippen LogP contribution in [0.3, 0.4) is 0 Å². The summed E-state index contributed by atoms with van der Waals surface area (Å²) >= 11 is 0. The number of piperidine rings is 1. The predicted octanol–water partition coefficient (Wildman–Crippen LogP) is 3.20. The molecule has 1 spiro atoms. The molecule has 19 heavy (non-hydrogen) atoms. The van der Waals surface area contributed by atoms with Crippen molar-refractivity contribution >= 4 is 0 Å². The van der Waals surface area contributed by atoms with Crippen molar-refractivity contribution in [1.29, 1.82) is 0 Å². The zero-order valence-corrected chi connectivity index (χ0v) is 12.1. The number of hydrogen-bond acceptors (Lipinski definition) is 3. The third kappa shape index (κ3) is 2.72. The van der Waals surface area contributed by atoms with Crippen LogP contribution in [0.5, 0.6) is 0 Å². The summed E-state index contributed by atoms with van der Waals surface area (Å²) in [6, 6.07) is 2.15. The van der Waals surface area contributed by atoms with Gasteiger partial charge in [-0.05, 0) is 62.7 Å². The van der Waals surface area contributed by atoms with Crippen LogP contribution in [0.2, 0.25) is 0 Å². The van der Waals surface area contributed by atoms with E-state index in [0.717, 1.165) is 18.1 Å². The molecule has 1 aliphatic heterocycles. The van der Waals surface area contributed by atoms with E-state index < -0.39 is 0 Å². The van der Waals surface area contributed by atoms with Gasteiger partial charge in [0.1, 0.15) is 11.5 Å². The molecule has 0 radical (unpaired) electrons. The van der Waals surface area contributed by atoms with Gasteiger partial charge in [-0.2, -0.15) is 0 Å². The van der Waals surface area contributed by atoms with Crippen LogP contribution < -0.4 is 5.73 Å². The third-order valence-electron chi connectivity index (χ3n) is 5.22. The number of likely N-dealkylation sites (tertiary alicyclic amines) is 1. The van der Waals surface area contributed by atoms with E-state index in [9.17, 15) is 0 Å². The molecule has 1 aromatic rings. The minimum atomic E-state index is 0.509. The molecule has 3 heteroatoms. The quantitative estimate of drug-likeness (QED) is 0.909. The third-order valence-corrected chi connectivity index (χ3v) is 5.22. The van der Waals surface area contributed by atoms with Crippen molar-refractivity contribution < 1.29 is 4.42 Å². The maximum Gasteiger partial charge on any atom is 0.120 e. The molecule has 3 nitrogen and oxygen atoms in total. The predicted molar refractivity (Wildman–Crippen MR) is 76.7 cm³/mol. The van der Waals surface area contributed by atoms with E-state index in [4.69, 9.17) is 10.2 Å². The molecule has 0 aromatic carbocycles. The van der Waals surface area contributed by atoms with E-state index in [2.05, 4.69) is 17.9 Å². The molecule has 1 aliphatic carbocycles. The lowest BCUT2D eigenvalue weighted by molar-refractivity contribution is 0.0978. The van der Waals surface area contributed by atoms with E-state index in [1.807, 2.05) is 0 Å². The van der Waals surface area contributed by atoms with Crippen molar-refractivity contribution in [2.75, 3.05) is 13.1 Å². The van der Waals surface area contributed by atoms with Gasteiger partial charge in [0.15, 0.2) is 0 Å². The summed E-state index contributed by atoms with van der Waals surface area (Å²) in [5, 5.41) is 0. The summed E-state index contributed by atoms with van der Waals surface area (Å²) in [6.07, 6.45) is 8.62. The Balaban J connectivity index is 1.56. The molecular weight excluding hydrogens is 236 g/mol. The van der Waals surface area contributed by atoms with Gasteiger partial charge in [-0.15, -0.1) is 0 Å². The van der Waals surface area contributed by atoms with Crippen LogP contribution >= 0.6 is 0 Å². The largest absolute Gasteiger partial charge is 0.463 e. The van der Waals surface area contributed by atoms with Crippen LogP contribution in [0.1, 0.15) is 55.6 Å². The first kappa shape index (κ1) is 13.2. The van der Waals surface area contributed by atoms with Gasteiger partial charge in [0.25, 0.3) is 0 Å². The number of aryl methyl sites for hydroxylation is 1. The van der Waals surface area contributed by atoms with E-state index >= 15 is 0 Å². The van der Waals surface area contributed by atoms with E-state index in [0.29, 0.717) is 12.0 Å². The van der Waals surface area contributed by atoms with Gasteiger partial charge in [-0.1, -0.05) is 12.8 Å². The first-order valence-corrected chi connectivity index (χ1v) is 7.71. The zero-order valence-electron chi connectivity index (χ0n) is 12.1. The minimum Gasteiger partial charge on any atom is -0.463 e. The maximum atomic E-state index is 5.82. The molecule has 2 N–H and O–H groups in total. The standard InChI is InChI=1S/C16H26N2O/c1-13-10-14(19-15(13)11-17)12-18-8-6-16(7-9-18)4-2-3-5-16/h10H,2-9,11-12,17H2,1H3. The van der Waals surface area contributed by atoms with E-state index in [1.165, 1.54) is 57.2 Å². The Hall–Kier alpha value is -0.800. The molecule has 3 rings (SSSR count). The van der Waals surface area contributed by atoms with Crippen molar-refractivity contribution in [3.8, 4) is 0 Å². The van der Waals surface area contributed by atoms with Gasteiger partial charge in [-0.25, -0.2) is 0 Å². The number of nitrogens with zero attached hydrogens (tertiary/aromatic N) is 1. The number of nitrogens with two attached hydrogens (primary N) is 1. The normalized spacial score (nSPS) is 23.3. The van der Waals surface area contributed by atoms with E-state index in [-0.39, 0.29) is 0 Å². The first-order chi connectivity index (χ1) is 9.21. The highest BCUT2D eigenvalue weighted by atomic mass is 16.3. The molecule has 2 heterocycles. The van der Waals surface area contributed by atoms with Crippen LogP contribution in [-0.4, -0.2) is 18.0 Å². The zero-order chi connectivity index (χ0) is 13.3. The maximum absolute atomic E-state index is 5.82. The fourth-order valence-electron chi connectivity index (χ4n) is 3.90. The SMILES string of the molecule is Cc1cc(CN2CCC3(CCCC3)CC2)oc1CN. The highest BCUT2D eigenvalue weighted by Crippen LogP contribution is 2.46. The molecule has 0 atom stereocenters. The van der Waals surface area contributed by atoms with Crippen molar-refractivity contribution in [2.24, 2.45) is 11.1 Å². The minimum absolute atomic E-state index is 0.509. The monoisotopic (exact) mass is 262 g/mol. The average Bonchev–Trinajstić information content (AvgIpc) is 3.00. The summed E-state index contributed by atoms with van der Waals surface area (Å²) < 4.78 is 5.82. The molecule has 0 unspecified atom stereocenters. The second kappa shape index (κ2) is 5.29. The molecule has 1 aromatic heterocycles. The highest BCUT2D eigenvalue weighted by molar-refractivity contribution is 5.19. The highest BCUT2D eigenvalue weighted by Gasteiger charge is 2.36. The van der Waals surface area contributed by atoms with Crippen molar-refractivity contribution in [3.63, 3.8) is 0 Å². The Kier molecular flexibility index (Phi) is 3.68. The van der Waals surface area contributed by atoms with Crippen molar-refractivity contribution in [2.45, 2.75) is 58.5 Å². The first-order valence-electron chi connectivity index (χ1n) is 7.71. The van der Waals surface area contributed by atoms with Crippen molar-refractivity contribution in [3.05, 3.63) is 23.2 Å². The fourth-order valence-corrected chi connectivity index (χ4v) is 3.90. The van der Waals surface area contributed by atoms with Gasteiger partial charge in [0, 0.05) is 0 Å². The van der Waals surface area contributed by atoms with Crippen LogP contribution in [-0.2, 0) is 13.1 Å². The van der Waals surface area contributed by atoms with Gasteiger partial charge in [0.2, 0.25) is 0 Å². The summed E-state index contributed by atoms with van der Waals surface area (Å²) in [4.78, 5) is 2.54. The van der Waals surface area contributed by atoms with Gasteiger partial charge in [0.05, 0.1) is 13.1 Å². The summed E-state index contributed by atoms with van der Waals surface area (Å²) in [5.74, 6) is 2.03. The lowest BCUT2D eigenvalue weighted by atomic mass is 9.77. The Morgan fingerprint density at radius 1 is 1.21 bits per heavy atom. The molecule has 1 saturated carbocycles. The van der Waals surface area contributed by atoms with Gasteiger partial charge >= 0.3 is 0 Å². The van der Waals surface area contributed by atoms with Crippen LogP contribution in [0.4, 0.5) is 0 Å². The Morgan fingerprint density at radius 2 is 1.89 bits per heavy atom. The molecule has 2 fully saturated rings. The molecule has 0 bridgehead atoms. The average molecular weight is 262 g/mol. The summed E-state index contributed by atoms with van der Waals surface area (Å²) in [6.45, 7) is 6.01. The van der Waals surface area contributed by atoms with Gasteiger partial charge < -0.3 is 10.2 Å². The van der Waals surface area contributed by atoms with Crippen LogP contribution in [0.15, 0.2) is 10.5 Å². The van der Waals surface area contributed by atoms with Gasteiger partial charge in [-0.3, -0.25) is 4.90 Å². The smallest absolute Gasteiger partial charge is 0.120 e. The number of rotatable bonds is 3. The topological polar surface area (TPSA) is 42.4 Å². The molecular formula is C16H26N2O. The fraction of sp³-hybridized carbons (Fsp3) is 0.750. The Labute approximate surface area is 116 Å². The summed E-state index contributed by atoms with van der Waals surface area (Å²) in [5.41, 5.74) is 7.57. The Morgan fingerprint density at radius 3 is 2.47 bits per heavy atom. The van der Waals surface area contributed by atoms with Crippen molar-refractivity contribution in [1.82, 2.24) is 4.90 Å². The molecule has 1 saturated heterocycles. The Bertz CT molecular complexity index is 422. The molecule has 106 valence electrons. The lowest BCUT2D eigenvalue weighted by Crippen LogP contribution is -2.38. The molecule has 2 aliphatic rings. The van der Waals surface area contributed by atoms with Crippen LogP contribution in [0, 0.1) is 12.3 Å². The second-order valence-corrected chi connectivity index (χ2v) is 6.51. The van der Waals surface area contributed by atoms with Crippen LogP contribution in [0.25, 0.3) is 0 Å². The summed E-state index contributed by atoms with van der Waals surface area (Å²) in [7, 11) is 0.